The van der Waals surface area contributed by atoms with Gasteiger partial charge in [0.05, 0.1) is 21.2 Å². The van der Waals surface area contributed by atoms with E-state index in [9.17, 15) is 18.0 Å². The fraction of sp³-hybridized carbons (Fsp3) is 0.294. The maximum absolute atomic E-state index is 13.1. The Hall–Kier alpha value is -2.11. The van der Waals surface area contributed by atoms with Crippen molar-refractivity contribution in [2.24, 2.45) is 0 Å². The van der Waals surface area contributed by atoms with Crippen molar-refractivity contribution < 1.29 is 13.2 Å². The zero-order valence-corrected chi connectivity index (χ0v) is 17.6. The molecule has 0 saturated heterocycles. The third-order valence-corrected chi connectivity index (χ3v) is 6.93. The lowest BCUT2D eigenvalue weighted by atomic mass is 10.2. The Morgan fingerprint density at radius 2 is 2.03 bits per heavy atom. The van der Waals surface area contributed by atoms with Crippen LogP contribution in [0.15, 0.2) is 22.2 Å². The number of aromatic amines is 1. The zero-order valence-electron chi connectivity index (χ0n) is 15.3. The second kappa shape index (κ2) is 6.99. The second-order valence-corrected chi connectivity index (χ2v) is 9.34. The van der Waals surface area contributed by atoms with Crippen molar-refractivity contribution in [1.82, 2.24) is 24.6 Å². The molecular weight excluding hydrogens is 447 g/mol. The molecule has 0 unspecified atom stereocenters. The van der Waals surface area contributed by atoms with Gasteiger partial charge in [0.2, 0.25) is 0 Å². The first-order valence-electron chi connectivity index (χ1n) is 8.34. The minimum absolute atomic E-state index is 0.121. The Kier molecular flexibility index (Phi) is 4.87. The first-order chi connectivity index (χ1) is 13.6. The highest BCUT2D eigenvalue weighted by Gasteiger charge is 2.32. The number of thioether (sulfide) groups is 1. The molecule has 0 fully saturated rings. The molecule has 4 rings (SSSR count). The van der Waals surface area contributed by atoms with Crippen LogP contribution in [0.3, 0.4) is 0 Å². The number of aryl methyl sites for hydroxylation is 2. The molecule has 6 nitrogen and oxygen atoms in total. The van der Waals surface area contributed by atoms with Gasteiger partial charge in [0.25, 0.3) is 5.56 Å². The molecule has 0 aliphatic carbocycles. The van der Waals surface area contributed by atoms with Crippen LogP contribution < -0.4 is 5.56 Å². The summed E-state index contributed by atoms with van der Waals surface area (Å²) in [5, 5.41) is 8.05. The number of alkyl halides is 3. The molecule has 0 aliphatic heterocycles. The Morgan fingerprint density at radius 1 is 1.31 bits per heavy atom. The van der Waals surface area contributed by atoms with Crippen LogP contribution in [-0.4, -0.2) is 24.6 Å². The van der Waals surface area contributed by atoms with E-state index in [1.807, 2.05) is 13.8 Å². The molecule has 0 amide bonds. The predicted molar refractivity (Wildman–Crippen MR) is 107 cm³/mol. The van der Waals surface area contributed by atoms with Crippen molar-refractivity contribution >= 4 is 50.6 Å². The molecular formula is C17H13ClF3N5OS2. The van der Waals surface area contributed by atoms with Crippen molar-refractivity contribution in [1.29, 1.82) is 0 Å². The summed E-state index contributed by atoms with van der Waals surface area (Å²) in [6.45, 7) is 5.56. The smallest absolute Gasteiger partial charge is 0.309 e. The topological polar surface area (TPSA) is 75.9 Å². The van der Waals surface area contributed by atoms with Gasteiger partial charge in [-0.15, -0.1) is 21.5 Å². The van der Waals surface area contributed by atoms with Gasteiger partial charge in [0.1, 0.15) is 10.7 Å². The third kappa shape index (κ3) is 3.51. The van der Waals surface area contributed by atoms with E-state index in [4.69, 9.17) is 11.6 Å². The van der Waals surface area contributed by atoms with E-state index in [0.29, 0.717) is 16.0 Å². The van der Waals surface area contributed by atoms with E-state index in [-0.39, 0.29) is 21.4 Å². The van der Waals surface area contributed by atoms with Crippen molar-refractivity contribution in [2.45, 2.75) is 37.4 Å². The molecule has 4 aromatic rings. The molecule has 152 valence electrons. The summed E-state index contributed by atoms with van der Waals surface area (Å²) in [6, 6.07) is 0.817. The van der Waals surface area contributed by atoms with E-state index in [0.717, 1.165) is 34.5 Å². The maximum Gasteiger partial charge on any atom is 0.417 e. The minimum atomic E-state index is -4.55. The second-order valence-electron chi connectivity index (χ2n) is 6.43. The molecule has 1 atom stereocenters. The lowest BCUT2D eigenvalue weighted by Gasteiger charge is -2.11. The Morgan fingerprint density at radius 3 is 2.72 bits per heavy atom. The van der Waals surface area contributed by atoms with Gasteiger partial charge in [-0.2, -0.15) is 13.2 Å². The van der Waals surface area contributed by atoms with Crippen LogP contribution in [-0.2, 0) is 6.18 Å². The number of rotatable bonds is 3. The van der Waals surface area contributed by atoms with Crippen LogP contribution in [0.25, 0.3) is 15.9 Å². The Balaban J connectivity index is 1.74. The number of nitrogens with one attached hydrogen (secondary N) is 1. The number of hydrogen-bond acceptors (Lipinski definition) is 6. The Labute approximate surface area is 175 Å². The molecule has 0 aliphatic rings. The number of halogens is 4. The monoisotopic (exact) mass is 459 g/mol. The average Bonchev–Trinajstić information content (AvgIpc) is 3.16. The quantitative estimate of drug-likeness (QED) is 0.428. The molecule has 1 N–H and O–H groups in total. The normalized spacial score (nSPS) is 13.5. The van der Waals surface area contributed by atoms with Gasteiger partial charge >= 0.3 is 6.18 Å². The maximum atomic E-state index is 13.1. The average molecular weight is 460 g/mol. The van der Waals surface area contributed by atoms with Crippen molar-refractivity contribution in [3.63, 3.8) is 0 Å². The lowest BCUT2D eigenvalue weighted by molar-refractivity contribution is -0.137. The lowest BCUT2D eigenvalue weighted by Crippen LogP contribution is -2.12. The highest BCUT2D eigenvalue weighted by molar-refractivity contribution is 7.99. The summed E-state index contributed by atoms with van der Waals surface area (Å²) in [5.74, 6) is 0.406. The minimum Gasteiger partial charge on any atom is -0.309 e. The van der Waals surface area contributed by atoms with Gasteiger partial charge in [-0.1, -0.05) is 23.4 Å². The number of hydrogen-bond donors (Lipinski definition) is 1. The first kappa shape index (κ1) is 20.2. The van der Waals surface area contributed by atoms with Crippen LogP contribution in [0.5, 0.6) is 0 Å². The van der Waals surface area contributed by atoms with E-state index in [2.05, 4.69) is 20.2 Å². The van der Waals surface area contributed by atoms with Crippen LogP contribution in [0.4, 0.5) is 13.2 Å². The summed E-state index contributed by atoms with van der Waals surface area (Å²) in [4.78, 5) is 21.4. The summed E-state index contributed by atoms with van der Waals surface area (Å²) >= 11 is 8.50. The third-order valence-electron chi connectivity index (χ3n) is 4.48. The number of nitrogens with zero attached hydrogens (tertiary/aromatic N) is 4. The molecule has 0 aromatic carbocycles. The molecule has 4 heterocycles. The van der Waals surface area contributed by atoms with Gasteiger partial charge in [0, 0.05) is 11.1 Å². The molecule has 4 aromatic heterocycles. The number of pyridine rings is 1. The van der Waals surface area contributed by atoms with E-state index >= 15 is 0 Å². The number of fused-ring (bicyclic) bond motifs is 2. The van der Waals surface area contributed by atoms with Crippen LogP contribution in [0.1, 0.15) is 34.0 Å². The highest BCUT2D eigenvalue weighted by atomic mass is 35.5. The summed E-state index contributed by atoms with van der Waals surface area (Å²) in [5.41, 5.74) is -0.131. The van der Waals surface area contributed by atoms with Crippen molar-refractivity contribution in [3.05, 3.63) is 49.5 Å². The van der Waals surface area contributed by atoms with Crippen LogP contribution in [0.2, 0.25) is 5.02 Å². The van der Waals surface area contributed by atoms with Gasteiger partial charge in [-0.3, -0.25) is 9.20 Å². The Bertz CT molecular complexity index is 1310. The molecule has 0 radical (unpaired) electrons. The van der Waals surface area contributed by atoms with E-state index < -0.39 is 17.0 Å². The number of thiophene rings is 1. The van der Waals surface area contributed by atoms with Gasteiger partial charge < -0.3 is 4.98 Å². The number of H-pyrrole nitrogens is 1. The summed E-state index contributed by atoms with van der Waals surface area (Å²) < 4.78 is 40.6. The molecule has 29 heavy (non-hydrogen) atoms. The molecule has 0 bridgehead atoms. The summed E-state index contributed by atoms with van der Waals surface area (Å²) in [6.07, 6.45) is -3.65. The molecule has 0 saturated carbocycles. The fourth-order valence-electron chi connectivity index (χ4n) is 2.85. The molecule has 12 heteroatoms. The standard InChI is InChI=1S/C17H13ClF3N5OS2/c1-6-7(2)28-15-11(6)14(27)22-12(23-15)8(3)29-16-25-24-13-10(18)4-9(5-26(13)16)17(19,20)21/h4-5,8H,1-3H3,(H,22,23,27)/t8-/m0/s1. The highest BCUT2D eigenvalue weighted by Crippen LogP contribution is 2.37. The zero-order chi connectivity index (χ0) is 21.1. The number of aromatic nitrogens is 5. The summed E-state index contributed by atoms with van der Waals surface area (Å²) in [7, 11) is 0. The predicted octanol–water partition coefficient (Wildman–Crippen LogP) is 5.17. The van der Waals surface area contributed by atoms with Gasteiger partial charge in [-0.05, 0) is 32.4 Å². The van der Waals surface area contributed by atoms with E-state index in [1.54, 1.807) is 6.92 Å². The van der Waals surface area contributed by atoms with Gasteiger partial charge in [0.15, 0.2) is 10.8 Å². The van der Waals surface area contributed by atoms with Crippen LogP contribution >= 0.6 is 34.7 Å². The SMILES string of the molecule is Cc1sc2nc([C@H](C)Sc3nnc4c(Cl)cc(C(F)(F)F)cn34)[nH]c(=O)c2c1C. The largest absolute Gasteiger partial charge is 0.417 e. The van der Waals surface area contributed by atoms with E-state index in [1.165, 1.54) is 15.7 Å². The first-order valence-corrected chi connectivity index (χ1v) is 10.4. The van der Waals surface area contributed by atoms with Crippen molar-refractivity contribution in [3.8, 4) is 0 Å². The fourth-order valence-corrected chi connectivity index (χ4v) is 5.01. The van der Waals surface area contributed by atoms with Gasteiger partial charge in [-0.25, -0.2) is 4.98 Å². The molecule has 0 spiro atoms. The van der Waals surface area contributed by atoms with Crippen molar-refractivity contribution in [2.75, 3.05) is 0 Å². The van der Waals surface area contributed by atoms with Crippen LogP contribution in [0, 0.1) is 13.8 Å².